The number of nitrogens with zero attached hydrogens (tertiary/aromatic N) is 1. The van der Waals surface area contributed by atoms with Crippen molar-refractivity contribution in [2.45, 2.75) is 6.04 Å². The van der Waals surface area contributed by atoms with Gasteiger partial charge in [-0.1, -0.05) is 54.1 Å². The molecule has 0 saturated carbocycles. The first-order valence-corrected chi connectivity index (χ1v) is 10.2. The van der Waals surface area contributed by atoms with Gasteiger partial charge in [0.2, 0.25) is 5.91 Å². The summed E-state index contributed by atoms with van der Waals surface area (Å²) in [5.74, 6) is -0.428. The van der Waals surface area contributed by atoms with Crippen molar-refractivity contribution in [2.75, 3.05) is 11.9 Å². The highest BCUT2D eigenvalue weighted by Gasteiger charge is 2.34. The van der Waals surface area contributed by atoms with Gasteiger partial charge in [-0.15, -0.1) is 0 Å². The molecule has 0 spiro atoms. The summed E-state index contributed by atoms with van der Waals surface area (Å²) in [6.07, 6.45) is 0. The van der Waals surface area contributed by atoms with E-state index in [4.69, 9.17) is 11.6 Å². The average Bonchev–Trinajstić information content (AvgIpc) is 2.84. The summed E-state index contributed by atoms with van der Waals surface area (Å²) in [5.41, 5.74) is 2.95. The van der Waals surface area contributed by atoms with Crippen LogP contribution in [0.5, 0.6) is 0 Å². The summed E-state index contributed by atoms with van der Waals surface area (Å²) >= 11 is 8.42. The molecular weight excluding hydrogens is 487 g/mol. The summed E-state index contributed by atoms with van der Waals surface area (Å²) in [4.78, 5) is 27.7. The van der Waals surface area contributed by atoms with E-state index in [1.54, 1.807) is 23.1 Å². The van der Waals surface area contributed by atoms with Crippen LogP contribution >= 0.6 is 34.2 Å². The predicted molar refractivity (Wildman–Crippen MR) is 119 cm³/mol. The molecule has 4 nitrogen and oxygen atoms in total. The van der Waals surface area contributed by atoms with E-state index in [1.165, 1.54) is 0 Å². The van der Waals surface area contributed by atoms with Crippen LogP contribution in [0.15, 0.2) is 72.8 Å². The topological polar surface area (TPSA) is 49.4 Å². The molecule has 1 aliphatic heterocycles. The molecule has 0 bridgehead atoms. The van der Waals surface area contributed by atoms with E-state index in [1.807, 2.05) is 54.6 Å². The molecule has 1 heterocycles. The van der Waals surface area contributed by atoms with E-state index in [0.717, 1.165) is 14.7 Å². The van der Waals surface area contributed by atoms with Gasteiger partial charge in [0.25, 0.3) is 5.91 Å². The molecule has 140 valence electrons. The van der Waals surface area contributed by atoms with E-state index in [0.29, 0.717) is 16.3 Å². The standard InChI is InChI=1S/C22H16ClIN2O2/c23-15-10-11-19-17(12-15)21(14-6-2-1-3-7-14)26(13-20(27)25-19)22(28)16-8-4-5-9-18(16)24/h1-12,21H,13H2,(H,25,27)/t21-/m1/s1. The van der Waals surface area contributed by atoms with Gasteiger partial charge in [-0.05, 0) is 58.5 Å². The molecule has 1 atom stereocenters. The van der Waals surface area contributed by atoms with Crippen molar-refractivity contribution in [1.29, 1.82) is 0 Å². The Hall–Kier alpha value is -2.38. The van der Waals surface area contributed by atoms with Gasteiger partial charge in [-0.2, -0.15) is 0 Å². The van der Waals surface area contributed by atoms with Gasteiger partial charge in [0.05, 0.1) is 11.6 Å². The van der Waals surface area contributed by atoms with Crippen LogP contribution in [0.1, 0.15) is 27.5 Å². The first-order chi connectivity index (χ1) is 13.5. The molecule has 1 aliphatic rings. The molecule has 0 saturated heterocycles. The lowest BCUT2D eigenvalue weighted by atomic mass is 9.95. The fourth-order valence-electron chi connectivity index (χ4n) is 3.45. The summed E-state index contributed by atoms with van der Waals surface area (Å²) in [6, 6.07) is 22.0. The molecule has 2 amide bonds. The number of halogens is 2. The molecule has 0 unspecified atom stereocenters. The maximum Gasteiger partial charge on any atom is 0.256 e. The lowest BCUT2D eigenvalue weighted by Gasteiger charge is -2.31. The van der Waals surface area contributed by atoms with E-state index in [9.17, 15) is 9.59 Å². The van der Waals surface area contributed by atoms with Gasteiger partial charge in [0, 0.05) is 19.8 Å². The zero-order valence-corrected chi connectivity index (χ0v) is 17.6. The first-order valence-electron chi connectivity index (χ1n) is 8.74. The summed E-state index contributed by atoms with van der Waals surface area (Å²) in [7, 11) is 0. The summed E-state index contributed by atoms with van der Waals surface area (Å²) in [5, 5.41) is 3.46. The van der Waals surface area contributed by atoms with Crippen LogP contribution in [-0.2, 0) is 4.79 Å². The summed E-state index contributed by atoms with van der Waals surface area (Å²) < 4.78 is 0.841. The number of amides is 2. The Balaban J connectivity index is 1.91. The minimum atomic E-state index is -0.433. The lowest BCUT2D eigenvalue weighted by molar-refractivity contribution is -0.117. The lowest BCUT2D eigenvalue weighted by Crippen LogP contribution is -2.39. The third kappa shape index (κ3) is 3.64. The zero-order chi connectivity index (χ0) is 19.7. The maximum absolute atomic E-state index is 13.5. The van der Waals surface area contributed by atoms with Crippen LogP contribution in [-0.4, -0.2) is 23.3 Å². The average molecular weight is 503 g/mol. The molecule has 4 rings (SSSR count). The number of carbonyl (C=O) groups is 2. The third-order valence-electron chi connectivity index (χ3n) is 4.69. The van der Waals surface area contributed by atoms with Gasteiger partial charge in [0.1, 0.15) is 6.54 Å². The van der Waals surface area contributed by atoms with Crippen LogP contribution in [0, 0.1) is 3.57 Å². The smallest absolute Gasteiger partial charge is 0.256 e. The number of hydrogen-bond donors (Lipinski definition) is 1. The van der Waals surface area contributed by atoms with Gasteiger partial charge in [-0.25, -0.2) is 0 Å². The molecular formula is C22H16ClIN2O2. The maximum atomic E-state index is 13.5. The van der Waals surface area contributed by atoms with Crippen molar-refractivity contribution >= 4 is 51.7 Å². The Morgan fingerprint density at radius 2 is 1.75 bits per heavy atom. The van der Waals surface area contributed by atoms with Gasteiger partial charge in [0.15, 0.2) is 0 Å². The second-order valence-corrected chi connectivity index (χ2v) is 8.10. The molecule has 0 fully saturated rings. The van der Waals surface area contributed by atoms with E-state index >= 15 is 0 Å². The number of anilines is 1. The van der Waals surface area contributed by atoms with Crippen LogP contribution < -0.4 is 5.32 Å². The molecule has 28 heavy (non-hydrogen) atoms. The molecule has 3 aromatic rings. The second kappa shape index (κ2) is 7.93. The second-order valence-electron chi connectivity index (χ2n) is 6.51. The number of benzene rings is 3. The van der Waals surface area contributed by atoms with E-state index in [2.05, 4.69) is 27.9 Å². The Kier molecular flexibility index (Phi) is 5.37. The largest absolute Gasteiger partial charge is 0.324 e. The monoisotopic (exact) mass is 502 g/mol. The molecule has 0 aromatic heterocycles. The SMILES string of the molecule is O=C1CN(C(=O)c2ccccc2I)[C@H](c2ccccc2)c2cc(Cl)ccc2N1. The molecule has 3 aromatic carbocycles. The molecule has 1 N–H and O–H groups in total. The molecule has 0 aliphatic carbocycles. The van der Waals surface area contributed by atoms with Crippen LogP contribution in [0.3, 0.4) is 0 Å². The van der Waals surface area contributed by atoms with Crippen molar-refractivity contribution in [2.24, 2.45) is 0 Å². The predicted octanol–water partition coefficient (Wildman–Crippen LogP) is 5.13. The van der Waals surface area contributed by atoms with Crippen LogP contribution in [0.2, 0.25) is 5.02 Å². The van der Waals surface area contributed by atoms with Crippen molar-refractivity contribution in [3.63, 3.8) is 0 Å². The third-order valence-corrected chi connectivity index (χ3v) is 5.86. The quantitative estimate of drug-likeness (QED) is 0.494. The van der Waals surface area contributed by atoms with E-state index < -0.39 is 6.04 Å². The number of fused-ring (bicyclic) bond motifs is 1. The number of nitrogens with one attached hydrogen (secondary N) is 1. The molecule has 0 radical (unpaired) electrons. The Bertz CT molecular complexity index is 1060. The minimum Gasteiger partial charge on any atom is -0.324 e. The fraction of sp³-hybridized carbons (Fsp3) is 0.0909. The number of rotatable bonds is 2. The van der Waals surface area contributed by atoms with Gasteiger partial charge < -0.3 is 10.2 Å². The van der Waals surface area contributed by atoms with Crippen molar-refractivity contribution in [3.8, 4) is 0 Å². The van der Waals surface area contributed by atoms with Crippen molar-refractivity contribution < 1.29 is 9.59 Å². The number of carbonyl (C=O) groups excluding carboxylic acids is 2. The van der Waals surface area contributed by atoms with Crippen LogP contribution in [0.25, 0.3) is 0 Å². The highest BCUT2D eigenvalue weighted by molar-refractivity contribution is 14.1. The summed E-state index contributed by atoms with van der Waals surface area (Å²) in [6.45, 7) is -0.0460. The highest BCUT2D eigenvalue weighted by Crippen LogP contribution is 2.38. The van der Waals surface area contributed by atoms with Crippen molar-refractivity contribution in [1.82, 2.24) is 4.90 Å². The van der Waals surface area contributed by atoms with Crippen molar-refractivity contribution in [3.05, 3.63) is 98.1 Å². The van der Waals surface area contributed by atoms with Gasteiger partial charge in [-0.3, -0.25) is 9.59 Å². The number of hydrogen-bond acceptors (Lipinski definition) is 2. The minimum absolute atomic E-state index is 0.0460. The van der Waals surface area contributed by atoms with Crippen LogP contribution in [0.4, 0.5) is 5.69 Å². The highest BCUT2D eigenvalue weighted by atomic mass is 127. The normalized spacial score (nSPS) is 16.1. The fourth-order valence-corrected chi connectivity index (χ4v) is 4.25. The Morgan fingerprint density at radius 3 is 2.50 bits per heavy atom. The van der Waals surface area contributed by atoms with Gasteiger partial charge >= 0.3 is 0 Å². The first kappa shape index (κ1) is 19.0. The Labute approximate surface area is 181 Å². The molecule has 6 heteroatoms. The zero-order valence-electron chi connectivity index (χ0n) is 14.7. The van der Waals surface area contributed by atoms with E-state index in [-0.39, 0.29) is 18.4 Å². The Morgan fingerprint density at radius 1 is 1.04 bits per heavy atom.